The van der Waals surface area contributed by atoms with Gasteiger partial charge in [-0.15, -0.1) is 0 Å². The van der Waals surface area contributed by atoms with Gasteiger partial charge in [0, 0.05) is 44.4 Å². The molecule has 1 atom stereocenters. The van der Waals surface area contributed by atoms with E-state index in [1.165, 1.54) is 24.0 Å². The molecule has 2 aliphatic heterocycles. The van der Waals surface area contributed by atoms with Crippen LogP contribution in [0, 0.1) is 6.92 Å². The Morgan fingerprint density at radius 2 is 1.82 bits per heavy atom. The Morgan fingerprint density at radius 1 is 1.12 bits per heavy atom. The average Bonchev–Trinajstić information content (AvgIpc) is 3.63. The molecule has 3 aliphatic rings. The maximum Gasteiger partial charge on any atom is 0.253 e. The number of piperazine rings is 1. The van der Waals surface area contributed by atoms with Crippen LogP contribution < -0.4 is 10.2 Å². The summed E-state index contributed by atoms with van der Waals surface area (Å²) < 4.78 is 0. The number of anilines is 1. The minimum atomic E-state index is -0.829. The Hall–Kier alpha value is -3.22. The lowest BCUT2D eigenvalue weighted by atomic mass is 9.76. The number of amides is 3. The molecule has 0 spiro atoms. The van der Waals surface area contributed by atoms with E-state index in [0.717, 1.165) is 24.5 Å². The van der Waals surface area contributed by atoms with Crippen LogP contribution in [0.1, 0.15) is 65.6 Å². The first-order valence-electron chi connectivity index (χ1n) is 11.9. The Bertz CT molecular complexity index is 1100. The van der Waals surface area contributed by atoms with E-state index in [-0.39, 0.29) is 24.1 Å². The van der Waals surface area contributed by atoms with Crippen LogP contribution in [-0.2, 0) is 15.0 Å². The number of nitrogens with one attached hydrogen (secondary N) is 1. The van der Waals surface area contributed by atoms with Crippen LogP contribution >= 0.6 is 0 Å². The van der Waals surface area contributed by atoms with Gasteiger partial charge in [-0.1, -0.05) is 25.1 Å². The first-order valence-corrected chi connectivity index (χ1v) is 11.9. The number of nitrogens with zero attached hydrogens (tertiary/aromatic N) is 3. The number of hydrogen-bond acceptors (Lipinski definition) is 5. The van der Waals surface area contributed by atoms with Crippen molar-refractivity contribution in [3.63, 3.8) is 0 Å². The Morgan fingerprint density at radius 3 is 2.36 bits per heavy atom. The van der Waals surface area contributed by atoms with E-state index in [4.69, 9.17) is 4.98 Å². The van der Waals surface area contributed by atoms with Crippen LogP contribution in [0.4, 0.5) is 5.82 Å². The van der Waals surface area contributed by atoms with Gasteiger partial charge in [0.15, 0.2) is 0 Å². The quantitative estimate of drug-likeness (QED) is 0.714. The van der Waals surface area contributed by atoms with Crippen molar-refractivity contribution in [3.05, 3.63) is 58.8 Å². The highest BCUT2D eigenvalue weighted by molar-refractivity contribution is 6.09. The number of carbonyl (C=O) groups is 3. The van der Waals surface area contributed by atoms with E-state index < -0.39 is 5.41 Å². The van der Waals surface area contributed by atoms with Crippen LogP contribution in [0.3, 0.4) is 0 Å². The van der Waals surface area contributed by atoms with Crippen molar-refractivity contribution in [3.8, 4) is 0 Å². The molecule has 1 N–H and O–H groups in total. The normalized spacial score (nSPS) is 23.1. The number of aryl methyl sites for hydroxylation is 1. The lowest BCUT2D eigenvalue weighted by Gasteiger charge is -2.36. The molecule has 1 aliphatic carbocycles. The van der Waals surface area contributed by atoms with Crippen LogP contribution in [0.2, 0.25) is 0 Å². The van der Waals surface area contributed by atoms with Gasteiger partial charge in [0.2, 0.25) is 11.8 Å². The summed E-state index contributed by atoms with van der Waals surface area (Å²) in [6, 6.07) is 9.46. The van der Waals surface area contributed by atoms with Gasteiger partial charge >= 0.3 is 0 Å². The van der Waals surface area contributed by atoms with E-state index in [1.54, 1.807) is 12.1 Å². The minimum Gasteiger partial charge on any atom is -0.353 e. The van der Waals surface area contributed by atoms with Gasteiger partial charge in [0.25, 0.3) is 5.91 Å². The largest absolute Gasteiger partial charge is 0.353 e. The highest BCUT2D eigenvalue weighted by Gasteiger charge is 2.46. The van der Waals surface area contributed by atoms with Crippen LogP contribution in [0.5, 0.6) is 0 Å². The molecule has 1 unspecified atom stereocenters. The fourth-order valence-electron chi connectivity index (χ4n) is 5.16. The van der Waals surface area contributed by atoms with Crippen molar-refractivity contribution in [1.29, 1.82) is 0 Å². The van der Waals surface area contributed by atoms with Crippen LogP contribution in [-0.4, -0.2) is 53.8 Å². The highest BCUT2D eigenvalue weighted by Crippen LogP contribution is 2.40. The zero-order chi connectivity index (χ0) is 23.2. The first kappa shape index (κ1) is 21.6. The maximum absolute atomic E-state index is 13.1. The highest BCUT2D eigenvalue weighted by atomic mass is 16.2. The first-order chi connectivity index (χ1) is 15.9. The molecule has 1 saturated carbocycles. The summed E-state index contributed by atoms with van der Waals surface area (Å²) in [6.45, 7) is 6.81. The lowest BCUT2D eigenvalue weighted by Crippen LogP contribution is -2.49. The zero-order valence-electron chi connectivity index (χ0n) is 19.3. The molecule has 7 nitrogen and oxygen atoms in total. The molecule has 7 heteroatoms. The molecule has 1 aromatic carbocycles. The minimum absolute atomic E-state index is 0.00698. The molecule has 3 amide bonds. The molecule has 2 saturated heterocycles. The Labute approximate surface area is 194 Å². The van der Waals surface area contributed by atoms with Gasteiger partial charge in [-0.05, 0) is 60.9 Å². The van der Waals surface area contributed by atoms with E-state index in [1.807, 2.05) is 30.2 Å². The van der Waals surface area contributed by atoms with Crippen LogP contribution in [0.15, 0.2) is 36.5 Å². The monoisotopic (exact) mass is 446 g/mol. The Balaban J connectivity index is 1.24. The molecule has 1 aromatic heterocycles. The summed E-state index contributed by atoms with van der Waals surface area (Å²) in [6.07, 6.45) is 5.25. The summed E-state index contributed by atoms with van der Waals surface area (Å²) in [7, 11) is 0. The second kappa shape index (κ2) is 8.28. The summed E-state index contributed by atoms with van der Waals surface area (Å²) in [4.78, 5) is 46.2. The zero-order valence-corrected chi connectivity index (χ0v) is 19.3. The predicted molar refractivity (Wildman–Crippen MR) is 125 cm³/mol. The smallest absolute Gasteiger partial charge is 0.253 e. The molecule has 3 fully saturated rings. The fourth-order valence-corrected chi connectivity index (χ4v) is 5.16. The third kappa shape index (κ3) is 3.90. The molecule has 33 heavy (non-hydrogen) atoms. The third-order valence-corrected chi connectivity index (χ3v) is 7.42. The molecule has 5 rings (SSSR count). The Kier molecular flexibility index (Phi) is 5.43. The number of aromatic nitrogens is 1. The van der Waals surface area contributed by atoms with Crippen molar-refractivity contribution in [1.82, 2.24) is 15.2 Å². The van der Waals surface area contributed by atoms with Crippen LogP contribution in [0.25, 0.3) is 0 Å². The van der Waals surface area contributed by atoms with E-state index in [9.17, 15) is 14.4 Å². The van der Waals surface area contributed by atoms with Gasteiger partial charge in [-0.3, -0.25) is 19.7 Å². The maximum atomic E-state index is 13.1. The molecule has 2 aromatic rings. The van der Waals surface area contributed by atoms with Crippen molar-refractivity contribution >= 4 is 23.5 Å². The molecule has 0 radical (unpaired) electrons. The van der Waals surface area contributed by atoms with Gasteiger partial charge in [-0.25, -0.2) is 4.98 Å². The lowest BCUT2D eigenvalue weighted by molar-refractivity contribution is -0.126. The molecule has 172 valence electrons. The molecule has 3 heterocycles. The third-order valence-electron chi connectivity index (χ3n) is 7.42. The van der Waals surface area contributed by atoms with Gasteiger partial charge < -0.3 is 9.80 Å². The summed E-state index contributed by atoms with van der Waals surface area (Å²) >= 11 is 0. The van der Waals surface area contributed by atoms with E-state index >= 15 is 0 Å². The number of carbonyl (C=O) groups excluding carboxylic acids is 3. The number of benzene rings is 1. The molecule has 0 bridgehead atoms. The number of rotatable bonds is 5. The van der Waals surface area contributed by atoms with Crippen molar-refractivity contribution in [2.45, 2.75) is 50.9 Å². The summed E-state index contributed by atoms with van der Waals surface area (Å²) in [5.74, 6) is 1.21. The molecular formula is C26H30N4O3. The summed E-state index contributed by atoms with van der Waals surface area (Å²) in [5, 5.41) is 2.42. The topological polar surface area (TPSA) is 82.6 Å². The van der Waals surface area contributed by atoms with Gasteiger partial charge in [-0.2, -0.15) is 0 Å². The van der Waals surface area contributed by atoms with E-state index in [2.05, 4.69) is 23.2 Å². The standard InChI is InChI=1S/C26H30N4O3/c1-3-26(15-22(31)28-25(26)33)21-8-6-19(7-9-21)24(32)30-12-10-29(11-13-30)23-17(2)14-20(16-27-23)18-4-5-18/h6-9,14,16,18H,3-5,10-13,15H2,1-2H3,(H,28,31,33). The van der Waals surface area contributed by atoms with Crippen molar-refractivity contribution in [2.24, 2.45) is 0 Å². The van der Waals surface area contributed by atoms with Crippen molar-refractivity contribution < 1.29 is 14.4 Å². The van der Waals surface area contributed by atoms with Gasteiger partial charge in [0.05, 0.1) is 5.41 Å². The second-order valence-electron chi connectivity index (χ2n) is 9.53. The number of pyridine rings is 1. The predicted octanol–water partition coefficient (Wildman–Crippen LogP) is 2.92. The number of imide groups is 1. The second-order valence-corrected chi connectivity index (χ2v) is 9.53. The molecular weight excluding hydrogens is 416 g/mol. The SMILES string of the molecule is CCC1(c2ccc(C(=O)N3CCN(c4ncc(C5CC5)cc4C)CC3)cc2)CC(=O)NC1=O. The average molecular weight is 447 g/mol. The fraction of sp³-hybridized carbons (Fsp3) is 0.462. The van der Waals surface area contributed by atoms with Crippen molar-refractivity contribution in [2.75, 3.05) is 31.1 Å². The number of hydrogen-bond donors (Lipinski definition) is 1. The van der Waals surface area contributed by atoms with Gasteiger partial charge in [0.1, 0.15) is 5.82 Å². The van der Waals surface area contributed by atoms with E-state index in [0.29, 0.717) is 31.0 Å². The summed E-state index contributed by atoms with van der Waals surface area (Å²) in [5.41, 5.74) is 3.11.